The van der Waals surface area contributed by atoms with E-state index >= 15 is 0 Å². The molecule has 136 valence electrons. The molecule has 26 heavy (non-hydrogen) atoms. The Morgan fingerprint density at radius 3 is 2.42 bits per heavy atom. The summed E-state index contributed by atoms with van der Waals surface area (Å²) in [4.78, 5) is 27.9. The van der Waals surface area contributed by atoms with Gasteiger partial charge < -0.3 is 9.47 Å². The van der Waals surface area contributed by atoms with Gasteiger partial charge in [0.15, 0.2) is 0 Å². The van der Waals surface area contributed by atoms with E-state index in [9.17, 15) is 9.59 Å². The van der Waals surface area contributed by atoms with Crippen molar-refractivity contribution in [1.29, 1.82) is 0 Å². The van der Waals surface area contributed by atoms with E-state index in [0.717, 1.165) is 31.5 Å². The number of aromatic nitrogens is 1. The van der Waals surface area contributed by atoms with Crippen molar-refractivity contribution in [3.05, 3.63) is 59.4 Å². The summed E-state index contributed by atoms with van der Waals surface area (Å²) in [5.74, 6) is 0.136. The lowest BCUT2D eigenvalue weighted by molar-refractivity contribution is -0.134. The summed E-state index contributed by atoms with van der Waals surface area (Å²) in [6.45, 7) is 0.741. The fraction of sp³-hybridized carbons (Fsp3) is 0.455. The lowest BCUT2D eigenvalue weighted by Crippen LogP contribution is -2.40. The van der Waals surface area contributed by atoms with E-state index in [4.69, 9.17) is 0 Å². The topological polar surface area (TPSA) is 42.3 Å². The third kappa shape index (κ3) is 2.98. The molecule has 2 aromatic rings. The molecule has 4 heteroatoms. The molecule has 0 N–H and O–H groups in total. The molecular weight excluding hydrogens is 324 g/mol. The summed E-state index contributed by atoms with van der Waals surface area (Å²) in [5, 5.41) is 0. The van der Waals surface area contributed by atoms with E-state index in [2.05, 4.69) is 0 Å². The predicted octanol–water partition coefficient (Wildman–Crippen LogP) is 4.00. The summed E-state index contributed by atoms with van der Waals surface area (Å²) < 4.78 is 2.05. The molecule has 4 nitrogen and oxygen atoms in total. The minimum absolute atomic E-state index is 0.0329. The zero-order valence-corrected chi connectivity index (χ0v) is 15.4. The van der Waals surface area contributed by atoms with Crippen molar-refractivity contribution in [2.75, 3.05) is 7.05 Å². The first-order valence-corrected chi connectivity index (χ1v) is 9.72. The van der Waals surface area contributed by atoms with E-state index in [1.165, 1.54) is 19.3 Å². The van der Waals surface area contributed by atoms with Crippen LogP contribution in [0.25, 0.3) is 0 Å². The highest BCUT2D eigenvalue weighted by Gasteiger charge is 2.35. The lowest BCUT2D eigenvalue weighted by atomic mass is 9.93. The molecule has 4 rings (SSSR count). The zero-order chi connectivity index (χ0) is 18.1. The van der Waals surface area contributed by atoms with E-state index in [1.54, 1.807) is 0 Å². The zero-order valence-electron chi connectivity index (χ0n) is 15.4. The average Bonchev–Trinajstić information content (AvgIpc) is 3.30. The standard InChI is InChI=1S/C22H26N2O2/c1-23(17-10-6-3-7-11-17)22(26)18-14-15-24-19(18)12-13-20(24)21(25)16-8-4-2-5-9-16/h2,4-5,8-9,12-13,17-18H,3,6-7,10-11,14-15H2,1H3/t18-/m1/s1. The van der Waals surface area contributed by atoms with Gasteiger partial charge in [-0.05, 0) is 31.4 Å². The maximum atomic E-state index is 13.1. The van der Waals surface area contributed by atoms with Gasteiger partial charge in [-0.25, -0.2) is 0 Å². The Labute approximate surface area is 154 Å². The van der Waals surface area contributed by atoms with Crippen LogP contribution < -0.4 is 0 Å². The fourth-order valence-electron chi connectivity index (χ4n) is 4.52. The third-order valence-electron chi connectivity index (χ3n) is 6.05. The number of benzene rings is 1. The van der Waals surface area contributed by atoms with Crippen molar-refractivity contribution in [2.45, 2.75) is 57.0 Å². The van der Waals surface area contributed by atoms with Gasteiger partial charge in [0.05, 0.1) is 11.6 Å². The third-order valence-corrected chi connectivity index (χ3v) is 6.05. The second kappa shape index (κ2) is 7.10. The number of amides is 1. The van der Waals surface area contributed by atoms with Crippen LogP contribution in [0.15, 0.2) is 42.5 Å². The van der Waals surface area contributed by atoms with Crippen LogP contribution in [0.5, 0.6) is 0 Å². The second-order valence-electron chi connectivity index (χ2n) is 7.57. The van der Waals surface area contributed by atoms with Gasteiger partial charge in [0, 0.05) is 30.9 Å². The fourth-order valence-corrected chi connectivity index (χ4v) is 4.52. The van der Waals surface area contributed by atoms with Crippen molar-refractivity contribution in [3.8, 4) is 0 Å². The number of carbonyl (C=O) groups is 2. The average molecular weight is 350 g/mol. The Morgan fingerprint density at radius 2 is 1.69 bits per heavy atom. The maximum absolute atomic E-state index is 13.1. The first-order valence-electron chi connectivity index (χ1n) is 9.72. The Hall–Kier alpha value is -2.36. The second-order valence-corrected chi connectivity index (χ2v) is 7.57. The monoisotopic (exact) mass is 350 g/mol. The Balaban J connectivity index is 1.54. The molecule has 1 aliphatic heterocycles. The number of hydrogen-bond acceptors (Lipinski definition) is 2. The number of nitrogens with zero attached hydrogens (tertiary/aromatic N) is 2. The molecule has 1 saturated carbocycles. The predicted molar refractivity (Wildman–Crippen MR) is 101 cm³/mol. The Kier molecular flexibility index (Phi) is 4.66. The molecule has 1 aliphatic carbocycles. The Morgan fingerprint density at radius 1 is 0.962 bits per heavy atom. The van der Waals surface area contributed by atoms with Crippen LogP contribution >= 0.6 is 0 Å². The summed E-state index contributed by atoms with van der Waals surface area (Å²) in [7, 11) is 1.96. The SMILES string of the molecule is CN(C(=O)[C@@H]1CCn2c(C(=O)c3ccccc3)ccc21)C1CCCCC1. The maximum Gasteiger partial charge on any atom is 0.231 e. The summed E-state index contributed by atoms with van der Waals surface area (Å²) >= 11 is 0. The molecule has 2 heterocycles. The number of likely N-dealkylation sites (N-methyl/N-ethyl adjacent to an activating group) is 1. The molecular formula is C22H26N2O2. The molecule has 0 unspecified atom stereocenters. The normalized spacial score (nSPS) is 20.0. The van der Waals surface area contributed by atoms with Crippen molar-refractivity contribution >= 4 is 11.7 Å². The van der Waals surface area contributed by atoms with Crippen LogP contribution in [0.4, 0.5) is 0 Å². The van der Waals surface area contributed by atoms with Crippen molar-refractivity contribution < 1.29 is 9.59 Å². The van der Waals surface area contributed by atoms with E-state index in [0.29, 0.717) is 17.3 Å². The largest absolute Gasteiger partial charge is 0.342 e. The van der Waals surface area contributed by atoms with Gasteiger partial charge in [0.1, 0.15) is 0 Å². The first-order chi connectivity index (χ1) is 12.7. The molecule has 1 fully saturated rings. The van der Waals surface area contributed by atoms with Gasteiger partial charge in [-0.3, -0.25) is 9.59 Å². The molecule has 2 aliphatic rings. The van der Waals surface area contributed by atoms with Crippen molar-refractivity contribution in [2.24, 2.45) is 0 Å². The van der Waals surface area contributed by atoms with Crippen LogP contribution in [0, 0.1) is 0 Å². The summed E-state index contributed by atoms with van der Waals surface area (Å²) in [5.41, 5.74) is 2.39. The number of rotatable bonds is 4. The minimum Gasteiger partial charge on any atom is -0.342 e. The van der Waals surface area contributed by atoms with Crippen molar-refractivity contribution in [3.63, 3.8) is 0 Å². The van der Waals surface area contributed by atoms with Crippen LogP contribution in [-0.4, -0.2) is 34.2 Å². The van der Waals surface area contributed by atoms with E-state index < -0.39 is 0 Å². The molecule has 1 amide bonds. The highest BCUT2D eigenvalue weighted by Crippen LogP contribution is 2.34. The Bertz CT molecular complexity index is 803. The van der Waals surface area contributed by atoms with Crippen LogP contribution in [0.2, 0.25) is 0 Å². The molecule has 0 saturated heterocycles. The quantitative estimate of drug-likeness (QED) is 0.782. The number of carbonyl (C=O) groups excluding carboxylic acids is 2. The molecule has 0 bridgehead atoms. The van der Waals surface area contributed by atoms with Gasteiger partial charge in [-0.15, -0.1) is 0 Å². The van der Waals surface area contributed by atoms with Crippen molar-refractivity contribution in [1.82, 2.24) is 9.47 Å². The summed E-state index contributed by atoms with van der Waals surface area (Å²) in [6.07, 6.45) is 6.76. The highest BCUT2D eigenvalue weighted by molar-refractivity contribution is 6.08. The number of ketones is 1. The molecule has 1 aromatic heterocycles. The molecule has 0 radical (unpaired) electrons. The van der Waals surface area contributed by atoms with Crippen LogP contribution in [0.1, 0.15) is 66.2 Å². The molecule has 1 atom stereocenters. The van der Waals surface area contributed by atoms with Crippen LogP contribution in [-0.2, 0) is 11.3 Å². The lowest BCUT2D eigenvalue weighted by Gasteiger charge is -2.32. The smallest absolute Gasteiger partial charge is 0.231 e. The number of hydrogen-bond donors (Lipinski definition) is 0. The highest BCUT2D eigenvalue weighted by atomic mass is 16.2. The van der Waals surface area contributed by atoms with E-state index in [1.807, 2.05) is 59.0 Å². The van der Waals surface area contributed by atoms with Gasteiger partial charge in [-0.2, -0.15) is 0 Å². The minimum atomic E-state index is -0.112. The van der Waals surface area contributed by atoms with E-state index in [-0.39, 0.29) is 17.6 Å². The van der Waals surface area contributed by atoms with Gasteiger partial charge >= 0.3 is 0 Å². The molecule has 0 spiro atoms. The first kappa shape index (κ1) is 17.1. The summed E-state index contributed by atoms with van der Waals surface area (Å²) in [6, 6.07) is 13.6. The van der Waals surface area contributed by atoms with Gasteiger partial charge in [-0.1, -0.05) is 49.6 Å². The van der Waals surface area contributed by atoms with Crippen LogP contribution in [0.3, 0.4) is 0 Å². The molecule has 1 aromatic carbocycles. The number of fused-ring (bicyclic) bond motifs is 1. The van der Waals surface area contributed by atoms with Gasteiger partial charge in [0.25, 0.3) is 0 Å². The van der Waals surface area contributed by atoms with Gasteiger partial charge in [0.2, 0.25) is 11.7 Å².